The van der Waals surface area contributed by atoms with E-state index in [-0.39, 0.29) is 11.9 Å². The lowest BCUT2D eigenvalue weighted by Gasteiger charge is -2.36. The van der Waals surface area contributed by atoms with Crippen LogP contribution in [0.15, 0.2) is 18.2 Å². The van der Waals surface area contributed by atoms with Crippen molar-refractivity contribution in [1.29, 1.82) is 0 Å². The molecule has 1 fully saturated rings. The Balaban J connectivity index is 1.81. The van der Waals surface area contributed by atoms with Crippen LogP contribution >= 0.6 is 0 Å². The molecule has 1 saturated heterocycles. The molecule has 8 nitrogen and oxygen atoms in total. The maximum Gasteiger partial charge on any atom is 0.224 e. The molecule has 4 N–H and O–H groups in total. The highest BCUT2D eigenvalue weighted by Gasteiger charge is 2.24. The van der Waals surface area contributed by atoms with Crippen molar-refractivity contribution in [3.05, 3.63) is 24.0 Å². The average Bonchev–Trinajstić information content (AvgIpc) is 3.08. The van der Waals surface area contributed by atoms with Gasteiger partial charge in [0.15, 0.2) is 5.82 Å². The van der Waals surface area contributed by atoms with E-state index in [1.54, 1.807) is 13.1 Å². The maximum atomic E-state index is 14.6. The van der Waals surface area contributed by atoms with Crippen molar-refractivity contribution in [2.45, 2.75) is 19.4 Å². The first-order valence-corrected chi connectivity index (χ1v) is 8.95. The molecule has 3 aromatic rings. The van der Waals surface area contributed by atoms with Crippen LogP contribution < -0.4 is 16.0 Å². The van der Waals surface area contributed by atoms with Crippen LogP contribution in [-0.4, -0.2) is 53.0 Å². The zero-order chi connectivity index (χ0) is 19.0. The van der Waals surface area contributed by atoms with Crippen molar-refractivity contribution >= 4 is 28.5 Å². The molecule has 9 heteroatoms. The molecule has 142 valence electrons. The monoisotopic (exact) mass is 371 g/mol. The Morgan fingerprint density at radius 1 is 1.37 bits per heavy atom. The first-order valence-electron chi connectivity index (χ1n) is 8.95. The summed E-state index contributed by atoms with van der Waals surface area (Å²) in [6.07, 6.45) is 0.947. The third-order valence-corrected chi connectivity index (χ3v) is 4.87. The van der Waals surface area contributed by atoms with Gasteiger partial charge < -0.3 is 20.7 Å². The van der Waals surface area contributed by atoms with Gasteiger partial charge in [-0.1, -0.05) is 6.92 Å². The molecule has 1 aliphatic heterocycles. The Labute approximate surface area is 155 Å². The fraction of sp³-hybridized carbons (Fsp3) is 0.389. The second-order valence-electron chi connectivity index (χ2n) is 6.50. The van der Waals surface area contributed by atoms with Crippen LogP contribution in [0, 0.1) is 5.82 Å². The van der Waals surface area contributed by atoms with E-state index in [1.165, 1.54) is 6.07 Å². The predicted molar refractivity (Wildman–Crippen MR) is 103 cm³/mol. The SMILES string of the molecule is CCC1COCCN1c1cc(-c2cc(F)c3c(N)n[nH]c3c2)nc(NC)n1. The molecule has 0 bridgehead atoms. The standard InChI is InChI=1S/C18H22FN7O/c1-3-11-9-27-5-4-26(11)15-8-13(22-18(21-2)23-15)10-6-12(19)16-14(7-10)24-25-17(16)20/h6-8,11H,3-5,9H2,1-2H3,(H3,20,24,25)(H,21,22,23). The quantitative estimate of drug-likeness (QED) is 0.647. The molecule has 1 unspecified atom stereocenters. The van der Waals surface area contributed by atoms with Gasteiger partial charge in [-0.15, -0.1) is 0 Å². The van der Waals surface area contributed by atoms with Gasteiger partial charge in [-0.2, -0.15) is 10.1 Å². The Hall–Kier alpha value is -2.94. The molecule has 27 heavy (non-hydrogen) atoms. The molecule has 1 atom stereocenters. The summed E-state index contributed by atoms with van der Waals surface area (Å²) in [7, 11) is 1.76. The van der Waals surface area contributed by atoms with Crippen molar-refractivity contribution in [3.63, 3.8) is 0 Å². The molecule has 1 aromatic carbocycles. The minimum absolute atomic E-state index is 0.146. The van der Waals surface area contributed by atoms with Crippen LogP contribution in [0.25, 0.3) is 22.2 Å². The number of benzene rings is 1. The summed E-state index contributed by atoms with van der Waals surface area (Å²) in [4.78, 5) is 11.3. The zero-order valence-corrected chi connectivity index (χ0v) is 15.3. The van der Waals surface area contributed by atoms with Gasteiger partial charge in [0.25, 0.3) is 0 Å². The number of nitrogens with zero attached hydrogens (tertiary/aromatic N) is 4. The Morgan fingerprint density at radius 2 is 2.22 bits per heavy atom. The zero-order valence-electron chi connectivity index (χ0n) is 15.3. The number of nitrogen functional groups attached to an aromatic ring is 1. The number of aromatic nitrogens is 4. The second-order valence-corrected chi connectivity index (χ2v) is 6.50. The number of rotatable bonds is 4. The highest BCUT2D eigenvalue weighted by molar-refractivity contribution is 5.92. The van der Waals surface area contributed by atoms with Gasteiger partial charge >= 0.3 is 0 Å². The number of nitrogens with two attached hydrogens (primary N) is 1. The van der Waals surface area contributed by atoms with Crippen LogP contribution in [0.3, 0.4) is 0 Å². The summed E-state index contributed by atoms with van der Waals surface area (Å²) >= 11 is 0. The summed E-state index contributed by atoms with van der Waals surface area (Å²) in [5.41, 5.74) is 7.52. The predicted octanol–water partition coefficient (Wildman–Crippen LogP) is 2.40. The van der Waals surface area contributed by atoms with Crippen LogP contribution in [-0.2, 0) is 4.74 Å². The molecular formula is C18H22FN7O. The Bertz CT molecular complexity index is 974. The lowest BCUT2D eigenvalue weighted by molar-refractivity contribution is 0.0926. The molecular weight excluding hydrogens is 349 g/mol. The number of halogens is 1. The molecule has 1 aliphatic rings. The van der Waals surface area contributed by atoms with Gasteiger partial charge in [0.05, 0.1) is 35.9 Å². The third kappa shape index (κ3) is 3.14. The van der Waals surface area contributed by atoms with Gasteiger partial charge in [0.2, 0.25) is 5.95 Å². The van der Waals surface area contributed by atoms with Gasteiger partial charge in [-0.3, -0.25) is 5.10 Å². The first-order chi connectivity index (χ1) is 13.1. The van der Waals surface area contributed by atoms with Crippen LogP contribution in [0.5, 0.6) is 0 Å². The van der Waals surface area contributed by atoms with Gasteiger partial charge in [-0.05, 0) is 18.6 Å². The summed E-state index contributed by atoms with van der Waals surface area (Å²) in [6, 6.07) is 5.35. The van der Waals surface area contributed by atoms with E-state index >= 15 is 0 Å². The van der Waals surface area contributed by atoms with E-state index in [1.807, 2.05) is 6.07 Å². The number of hydrogen-bond acceptors (Lipinski definition) is 7. The summed E-state index contributed by atoms with van der Waals surface area (Å²) in [6.45, 7) is 4.19. The van der Waals surface area contributed by atoms with Crippen molar-refractivity contribution in [2.24, 2.45) is 0 Å². The lowest BCUT2D eigenvalue weighted by Crippen LogP contribution is -2.45. The fourth-order valence-corrected chi connectivity index (χ4v) is 3.42. The van der Waals surface area contributed by atoms with E-state index in [2.05, 4.69) is 37.3 Å². The van der Waals surface area contributed by atoms with Gasteiger partial charge in [-0.25, -0.2) is 9.37 Å². The summed E-state index contributed by atoms with van der Waals surface area (Å²) < 4.78 is 20.1. The number of anilines is 3. The first kappa shape index (κ1) is 17.5. The van der Waals surface area contributed by atoms with Crippen molar-refractivity contribution in [2.75, 3.05) is 42.8 Å². The van der Waals surface area contributed by atoms with E-state index in [0.29, 0.717) is 41.3 Å². The van der Waals surface area contributed by atoms with Crippen LogP contribution in [0.2, 0.25) is 0 Å². The summed E-state index contributed by atoms with van der Waals surface area (Å²) in [5, 5.41) is 9.93. The van der Waals surface area contributed by atoms with Gasteiger partial charge in [0, 0.05) is 25.2 Å². The largest absolute Gasteiger partial charge is 0.382 e. The number of hydrogen-bond donors (Lipinski definition) is 3. The van der Waals surface area contributed by atoms with Crippen LogP contribution in [0.4, 0.5) is 22.0 Å². The second kappa shape index (κ2) is 6.99. The lowest BCUT2D eigenvalue weighted by atomic mass is 10.1. The molecule has 0 amide bonds. The number of ether oxygens (including phenoxy) is 1. The smallest absolute Gasteiger partial charge is 0.224 e. The minimum atomic E-state index is -0.433. The van der Waals surface area contributed by atoms with Crippen molar-refractivity contribution in [1.82, 2.24) is 20.2 Å². The number of aromatic amines is 1. The van der Waals surface area contributed by atoms with Crippen molar-refractivity contribution in [3.8, 4) is 11.3 Å². The number of nitrogens with one attached hydrogen (secondary N) is 2. The maximum absolute atomic E-state index is 14.6. The summed E-state index contributed by atoms with van der Waals surface area (Å²) in [5.74, 6) is 0.989. The molecule has 0 aliphatic carbocycles. The molecule has 0 radical (unpaired) electrons. The van der Waals surface area contributed by atoms with E-state index in [4.69, 9.17) is 10.5 Å². The highest BCUT2D eigenvalue weighted by atomic mass is 19.1. The Kier molecular flexibility index (Phi) is 4.53. The Morgan fingerprint density at radius 3 is 3.00 bits per heavy atom. The number of morpholine rings is 1. The van der Waals surface area contributed by atoms with E-state index in [9.17, 15) is 4.39 Å². The number of fused-ring (bicyclic) bond motifs is 1. The molecule has 0 saturated carbocycles. The fourth-order valence-electron chi connectivity index (χ4n) is 3.42. The minimum Gasteiger partial charge on any atom is -0.382 e. The molecule has 0 spiro atoms. The topological polar surface area (TPSA) is 105 Å². The molecule has 4 rings (SSSR count). The highest BCUT2D eigenvalue weighted by Crippen LogP contribution is 2.31. The average molecular weight is 371 g/mol. The molecule has 3 heterocycles. The van der Waals surface area contributed by atoms with Gasteiger partial charge in [0.1, 0.15) is 11.6 Å². The van der Waals surface area contributed by atoms with Crippen molar-refractivity contribution < 1.29 is 9.13 Å². The third-order valence-electron chi connectivity index (χ3n) is 4.87. The normalized spacial score (nSPS) is 17.4. The van der Waals surface area contributed by atoms with E-state index in [0.717, 1.165) is 18.8 Å². The van der Waals surface area contributed by atoms with E-state index < -0.39 is 5.82 Å². The molecule has 2 aromatic heterocycles. The number of H-pyrrole nitrogens is 1. The van der Waals surface area contributed by atoms with Crippen LogP contribution in [0.1, 0.15) is 13.3 Å².